The Kier molecular flexibility index (Phi) is 3.69. The zero-order valence-electron chi connectivity index (χ0n) is 8.58. The number of hydrogen-bond acceptors (Lipinski definition) is 2. The lowest BCUT2D eigenvalue weighted by atomic mass is 10.2. The molecule has 86 valence electrons. The van der Waals surface area contributed by atoms with E-state index < -0.39 is 0 Å². The minimum atomic E-state index is -0.229. The molecule has 1 aromatic carbocycles. The van der Waals surface area contributed by atoms with Gasteiger partial charge >= 0.3 is 0 Å². The Bertz CT molecular complexity index is 403. The van der Waals surface area contributed by atoms with Gasteiger partial charge in [0.25, 0.3) is 5.91 Å². The summed E-state index contributed by atoms with van der Waals surface area (Å²) < 4.78 is 0. The van der Waals surface area contributed by atoms with Crippen LogP contribution in [0.5, 0.6) is 0 Å². The number of rotatable bonds is 1. The molecule has 0 N–H and O–H groups in total. The van der Waals surface area contributed by atoms with Crippen molar-refractivity contribution in [1.29, 1.82) is 0 Å². The average Bonchev–Trinajstić information content (AvgIpc) is 2.33. The maximum atomic E-state index is 12.0. The molecule has 1 aliphatic heterocycles. The van der Waals surface area contributed by atoms with Crippen LogP contribution in [-0.2, 0) is 4.84 Å². The first-order valence-electron chi connectivity index (χ1n) is 5.09. The summed E-state index contributed by atoms with van der Waals surface area (Å²) in [5.41, 5.74) is 0.385. The Hall–Kier alpha value is -0.770. The minimum Gasteiger partial charge on any atom is -0.271 e. The number of carbonyl (C=O) groups excluding carboxylic acids is 1. The average molecular weight is 260 g/mol. The summed E-state index contributed by atoms with van der Waals surface area (Å²) in [5.74, 6) is -0.229. The Morgan fingerprint density at radius 2 is 2.12 bits per heavy atom. The summed E-state index contributed by atoms with van der Waals surface area (Å²) in [6, 6.07) is 5.00. The normalized spacial score (nSPS) is 16.2. The van der Waals surface area contributed by atoms with E-state index >= 15 is 0 Å². The second kappa shape index (κ2) is 5.04. The molecule has 0 saturated carbocycles. The second-order valence-electron chi connectivity index (χ2n) is 3.55. The van der Waals surface area contributed by atoms with Crippen molar-refractivity contribution in [2.75, 3.05) is 13.2 Å². The molecule has 1 aliphatic rings. The Labute approximate surface area is 104 Å². The highest BCUT2D eigenvalue weighted by Gasteiger charge is 2.22. The van der Waals surface area contributed by atoms with Crippen LogP contribution >= 0.6 is 23.2 Å². The van der Waals surface area contributed by atoms with Crippen molar-refractivity contribution in [3.05, 3.63) is 33.8 Å². The lowest BCUT2D eigenvalue weighted by Crippen LogP contribution is -2.35. The highest BCUT2D eigenvalue weighted by atomic mass is 35.5. The number of nitrogens with zero attached hydrogens (tertiary/aromatic N) is 1. The molecule has 0 unspecified atom stereocenters. The summed E-state index contributed by atoms with van der Waals surface area (Å²) in [5, 5.41) is 2.01. The third-order valence-corrected chi connectivity index (χ3v) is 3.23. The van der Waals surface area contributed by atoms with Crippen molar-refractivity contribution < 1.29 is 9.63 Å². The zero-order valence-corrected chi connectivity index (χ0v) is 10.1. The number of benzene rings is 1. The van der Waals surface area contributed by atoms with Gasteiger partial charge in [-0.15, -0.1) is 0 Å². The molecule has 2 rings (SSSR count). The molecule has 1 heterocycles. The van der Waals surface area contributed by atoms with Crippen molar-refractivity contribution in [2.45, 2.75) is 12.8 Å². The number of carbonyl (C=O) groups is 1. The number of hydrogen-bond donors (Lipinski definition) is 0. The van der Waals surface area contributed by atoms with Crippen LogP contribution in [0.15, 0.2) is 18.2 Å². The van der Waals surface area contributed by atoms with Crippen molar-refractivity contribution in [1.82, 2.24) is 5.06 Å². The van der Waals surface area contributed by atoms with Gasteiger partial charge in [-0.05, 0) is 25.0 Å². The first kappa shape index (κ1) is 11.7. The van der Waals surface area contributed by atoms with Gasteiger partial charge in [-0.25, -0.2) is 5.06 Å². The molecule has 16 heavy (non-hydrogen) atoms. The topological polar surface area (TPSA) is 29.5 Å². The van der Waals surface area contributed by atoms with E-state index in [1.165, 1.54) is 5.06 Å². The third kappa shape index (κ3) is 2.32. The molecule has 5 heteroatoms. The summed E-state index contributed by atoms with van der Waals surface area (Å²) >= 11 is 11.8. The molecule has 0 spiro atoms. The fourth-order valence-corrected chi connectivity index (χ4v) is 1.94. The van der Waals surface area contributed by atoms with Crippen LogP contribution in [0.1, 0.15) is 23.2 Å². The molecule has 0 bridgehead atoms. The molecule has 0 aliphatic carbocycles. The largest absolute Gasteiger partial charge is 0.278 e. The summed E-state index contributed by atoms with van der Waals surface area (Å²) in [7, 11) is 0. The van der Waals surface area contributed by atoms with Crippen LogP contribution in [0.3, 0.4) is 0 Å². The second-order valence-corrected chi connectivity index (χ2v) is 4.33. The van der Waals surface area contributed by atoms with Gasteiger partial charge in [-0.2, -0.15) is 0 Å². The number of amides is 1. The third-order valence-electron chi connectivity index (χ3n) is 2.41. The van der Waals surface area contributed by atoms with E-state index in [-0.39, 0.29) is 10.9 Å². The van der Waals surface area contributed by atoms with Gasteiger partial charge in [0, 0.05) is 6.54 Å². The fourth-order valence-electron chi connectivity index (χ4n) is 1.56. The SMILES string of the molecule is O=C(c1cccc(Cl)c1Cl)N1CCCCO1. The first-order valence-corrected chi connectivity index (χ1v) is 5.84. The molecule has 1 fully saturated rings. The first-order chi connectivity index (χ1) is 7.70. The van der Waals surface area contributed by atoms with Crippen molar-refractivity contribution in [2.24, 2.45) is 0 Å². The molecule has 1 saturated heterocycles. The van der Waals surface area contributed by atoms with Gasteiger partial charge in [0.05, 0.1) is 22.2 Å². The van der Waals surface area contributed by atoms with Gasteiger partial charge < -0.3 is 0 Å². The number of halogens is 2. The highest BCUT2D eigenvalue weighted by molar-refractivity contribution is 6.43. The van der Waals surface area contributed by atoms with Crippen molar-refractivity contribution in [3.8, 4) is 0 Å². The lowest BCUT2D eigenvalue weighted by Gasteiger charge is -2.26. The molecule has 0 atom stereocenters. The molecule has 0 aromatic heterocycles. The van der Waals surface area contributed by atoms with Gasteiger partial charge in [-0.1, -0.05) is 29.3 Å². The monoisotopic (exact) mass is 259 g/mol. The van der Waals surface area contributed by atoms with Gasteiger partial charge in [0.15, 0.2) is 0 Å². The molecule has 1 amide bonds. The van der Waals surface area contributed by atoms with Gasteiger partial charge in [0.2, 0.25) is 0 Å². The molecule has 0 radical (unpaired) electrons. The fraction of sp³-hybridized carbons (Fsp3) is 0.364. The Morgan fingerprint density at radius 1 is 1.31 bits per heavy atom. The van der Waals surface area contributed by atoms with E-state index in [0.717, 1.165) is 12.8 Å². The standard InChI is InChI=1S/C11H11Cl2NO2/c12-9-5-3-4-8(10(9)13)11(15)14-6-1-2-7-16-14/h3-5H,1-2,6-7H2. The van der Waals surface area contributed by atoms with Gasteiger partial charge in [0.1, 0.15) is 0 Å². The van der Waals surface area contributed by atoms with Crippen LogP contribution in [0, 0.1) is 0 Å². The quantitative estimate of drug-likeness (QED) is 0.776. The van der Waals surface area contributed by atoms with E-state index in [2.05, 4.69) is 0 Å². The minimum absolute atomic E-state index is 0.229. The van der Waals surface area contributed by atoms with Crippen LogP contribution < -0.4 is 0 Å². The van der Waals surface area contributed by atoms with E-state index in [4.69, 9.17) is 28.0 Å². The van der Waals surface area contributed by atoms with Crippen LogP contribution in [0.25, 0.3) is 0 Å². The van der Waals surface area contributed by atoms with Crippen molar-refractivity contribution in [3.63, 3.8) is 0 Å². The zero-order chi connectivity index (χ0) is 11.5. The Balaban J connectivity index is 2.22. The van der Waals surface area contributed by atoms with Crippen LogP contribution in [0.2, 0.25) is 10.0 Å². The maximum Gasteiger partial charge on any atom is 0.278 e. The molecule has 3 nitrogen and oxygen atoms in total. The van der Waals surface area contributed by atoms with Crippen LogP contribution in [-0.4, -0.2) is 24.1 Å². The maximum absolute atomic E-state index is 12.0. The molecular weight excluding hydrogens is 249 g/mol. The van der Waals surface area contributed by atoms with E-state index in [1.54, 1.807) is 18.2 Å². The predicted molar refractivity (Wildman–Crippen MR) is 62.7 cm³/mol. The van der Waals surface area contributed by atoms with E-state index in [0.29, 0.717) is 23.7 Å². The lowest BCUT2D eigenvalue weighted by molar-refractivity contribution is -0.144. The summed E-state index contributed by atoms with van der Waals surface area (Å²) in [6.45, 7) is 1.17. The van der Waals surface area contributed by atoms with E-state index in [1.807, 2.05) is 0 Å². The summed E-state index contributed by atoms with van der Waals surface area (Å²) in [6.07, 6.45) is 1.93. The smallest absolute Gasteiger partial charge is 0.271 e. The van der Waals surface area contributed by atoms with E-state index in [9.17, 15) is 4.79 Å². The number of hydroxylamine groups is 2. The highest BCUT2D eigenvalue weighted by Crippen LogP contribution is 2.27. The van der Waals surface area contributed by atoms with Crippen molar-refractivity contribution >= 4 is 29.1 Å². The van der Waals surface area contributed by atoms with Crippen LogP contribution in [0.4, 0.5) is 0 Å². The summed E-state index contributed by atoms with van der Waals surface area (Å²) in [4.78, 5) is 17.3. The molecular formula is C11H11Cl2NO2. The Morgan fingerprint density at radius 3 is 2.81 bits per heavy atom. The predicted octanol–water partition coefficient (Wildman–Crippen LogP) is 3.16. The molecule has 1 aromatic rings. The van der Waals surface area contributed by atoms with Gasteiger partial charge in [-0.3, -0.25) is 9.63 Å².